The molecule has 1 aliphatic rings. The average molecular weight is 508 g/mol. The zero-order valence-electron chi connectivity index (χ0n) is 20.1. The first-order valence-corrected chi connectivity index (χ1v) is 12.2. The molecule has 0 saturated carbocycles. The molecule has 1 aliphatic heterocycles. The first kappa shape index (κ1) is 25.1. The number of esters is 1. The summed E-state index contributed by atoms with van der Waals surface area (Å²) in [6, 6.07) is 9.05. The van der Waals surface area contributed by atoms with Crippen LogP contribution in [0.25, 0.3) is 5.76 Å². The Labute approximate surface area is 212 Å². The maximum absolute atomic E-state index is 13.2. The second kappa shape index (κ2) is 10.7. The highest BCUT2D eigenvalue weighted by Gasteiger charge is 2.48. The smallest absolute Gasteiger partial charge is 0.350 e. The number of amides is 1. The van der Waals surface area contributed by atoms with Crippen LogP contribution in [0.3, 0.4) is 0 Å². The van der Waals surface area contributed by atoms with Gasteiger partial charge in [-0.25, -0.2) is 9.78 Å². The van der Waals surface area contributed by atoms with Crippen LogP contribution in [0.1, 0.15) is 52.3 Å². The van der Waals surface area contributed by atoms with Crippen molar-refractivity contribution in [1.29, 1.82) is 0 Å². The lowest BCUT2D eigenvalue weighted by Gasteiger charge is -2.22. The van der Waals surface area contributed by atoms with Gasteiger partial charge in [0.1, 0.15) is 16.4 Å². The summed E-state index contributed by atoms with van der Waals surface area (Å²) in [6.07, 6.45) is 5.01. The molecule has 1 N–H and O–H groups in total. The van der Waals surface area contributed by atoms with Crippen LogP contribution in [-0.4, -0.2) is 46.5 Å². The molecule has 1 saturated heterocycles. The Morgan fingerprint density at radius 3 is 2.58 bits per heavy atom. The van der Waals surface area contributed by atoms with Gasteiger partial charge in [-0.2, -0.15) is 0 Å². The molecule has 1 fully saturated rings. The minimum absolute atomic E-state index is 0.0971. The van der Waals surface area contributed by atoms with E-state index in [1.165, 1.54) is 18.2 Å². The monoisotopic (exact) mass is 507 g/mol. The highest BCUT2D eigenvalue weighted by atomic mass is 32.1. The molecular formula is C26H25N3O6S. The van der Waals surface area contributed by atoms with Crippen molar-refractivity contribution in [3.05, 3.63) is 76.1 Å². The van der Waals surface area contributed by atoms with Gasteiger partial charge in [-0.15, -0.1) is 0 Å². The van der Waals surface area contributed by atoms with Crippen LogP contribution >= 0.6 is 11.3 Å². The summed E-state index contributed by atoms with van der Waals surface area (Å²) in [5, 5.41) is 11.4. The molecule has 1 amide bonds. The Morgan fingerprint density at radius 2 is 1.94 bits per heavy atom. The maximum Gasteiger partial charge on any atom is 0.350 e. The van der Waals surface area contributed by atoms with Gasteiger partial charge < -0.3 is 14.6 Å². The number of carbonyl (C=O) groups is 3. The van der Waals surface area contributed by atoms with Crippen molar-refractivity contribution >= 4 is 39.9 Å². The maximum atomic E-state index is 13.2. The van der Waals surface area contributed by atoms with Gasteiger partial charge in [0.25, 0.3) is 5.78 Å². The predicted molar refractivity (Wildman–Crippen MR) is 134 cm³/mol. The van der Waals surface area contributed by atoms with Crippen LogP contribution in [0.4, 0.5) is 5.13 Å². The quantitative estimate of drug-likeness (QED) is 0.156. The summed E-state index contributed by atoms with van der Waals surface area (Å²) < 4.78 is 10.5. The van der Waals surface area contributed by atoms with Crippen molar-refractivity contribution < 1.29 is 29.0 Å². The van der Waals surface area contributed by atoms with E-state index in [9.17, 15) is 19.5 Å². The fourth-order valence-electron chi connectivity index (χ4n) is 3.85. The standard InChI is InChI=1S/C26H25N3O6S/c1-4-5-13-35-18-10-8-16(9-11-18)21(30)19-20(17-7-6-12-27-14-17)29(24(32)22(19)31)26-28-15(2)23(36-26)25(33)34-3/h6-12,14,20,30H,4-5,13H2,1-3H3/b21-19+/t20-/m1/s1. The topological polar surface area (TPSA) is 119 Å². The molecule has 186 valence electrons. The summed E-state index contributed by atoms with van der Waals surface area (Å²) in [4.78, 5) is 48.5. The number of methoxy groups -OCH3 is 1. The molecule has 3 aromatic rings. The Morgan fingerprint density at radius 1 is 1.19 bits per heavy atom. The summed E-state index contributed by atoms with van der Waals surface area (Å²) in [5.41, 5.74) is 1.13. The summed E-state index contributed by atoms with van der Waals surface area (Å²) in [6.45, 7) is 4.27. The molecule has 4 rings (SSSR count). The molecule has 10 heteroatoms. The van der Waals surface area contributed by atoms with E-state index in [0.717, 1.165) is 24.2 Å². The summed E-state index contributed by atoms with van der Waals surface area (Å²) in [7, 11) is 1.25. The van der Waals surface area contributed by atoms with E-state index in [-0.39, 0.29) is 21.3 Å². The molecule has 1 aromatic carbocycles. The minimum Gasteiger partial charge on any atom is -0.507 e. The summed E-state index contributed by atoms with van der Waals surface area (Å²) in [5.74, 6) is -2.01. The lowest BCUT2D eigenvalue weighted by Crippen LogP contribution is -2.29. The number of ketones is 1. The second-order valence-corrected chi connectivity index (χ2v) is 9.06. The number of aliphatic hydroxyl groups excluding tert-OH is 1. The number of hydrogen-bond donors (Lipinski definition) is 1. The molecule has 9 nitrogen and oxygen atoms in total. The number of anilines is 1. The van der Waals surface area contributed by atoms with Gasteiger partial charge in [0, 0.05) is 18.0 Å². The van der Waals surface area contributed by atoms with Crippen molar-refractivity contribution in [1.82, 2.24) is 9.97 Å². The molecule has 0 radical (unpaired) electrons. The number of aliphatic hydroxyl groups is 1. The minimum atomic E-state index is -0.991. The van der Waals surface area contributed by atoms with Crippen molar-refractivity contribution in [2.45, 2.75) is 32.7 Å². The van der Waals surface area contributed by atoms with Gasteiger partial charge in [-0.3, -0.25) is 19.5 Å². The zero-order valence-corrected chi connectivity index (χ0v) is 20.9. The number of pyridine rings is 1. The summed E-state index contributed by atoms with van der Waals surface area (Å²) >= 11 is 0.941. The van der Waals surface area contributed by atoms with Gasteiger partial charge >= 0.3 is 11.9 Å². The number of carbonyl (C=O) groups excluding carboxylic acids is 3. The Bertz CT molecular complexity index is 1320. The largest absolute Gasteiger partial charge is 0.507 e. The molecule has 0 unspecified atom stereocenters. The molecule has 0 aliphatic carbocycles. The molecular weight excluding hydrogens is 482 g/mol. The third-order valence-electron chi connectivity index (χ3n) is 5.70. The second-order valence-electron chi connectivity index (χ2n) is 8.08. The Hall–Kier alpha value is -4.05. The number of aryl methyl sites for hydroxylation is 1. The number of aromatic nitrogens is 2. The number of unbranched alkanes of at least 4 members (excludes halogenated alkanes) is 1. The van der Waals surface area contributed by atoms with E-state index in [0.29, 0.717) is 29.2 Å². The van der Waals surface area contributed by atoms with E-state index in [2.05, 4.69) is 16.9 Å². The van der Waals surface area contributed by atoms with E-state index < -0.39 is 23.7 Å². The fraction of sp³-hybridized carbons (Fsp3) is 0.269. The molecule has 36 heavy (non-hydrogen) atoms. The number of rotatable bonds is 8. The van der Waals surface area contributed by atoms with Crippen LogP contribution < -0.4 is 9.64 Å². The number of nitrogens with zero attached hydrogens (tertiary/aromatic N) is 3. The molecule has 0 bridgehead atoms. The van der Waals surface area contributed by atoms with E-state index in [4.69, 9.17) is 9.47 Å². The van der Waals surface area contributed by atoms with E-state index >= 15 is 0 Å². The number of thiazole rings is 1. The normalized spacial score (nSPS) is 16.9. The van der Waals surface area contributed by atoms with Crippen molar-refractivity contribution in [2.75, 3.05) is 18.6 Å². The van der Waals surface area contributed by atoms with E-state index in [1.54, 1.807) is 49.5 Å². The van der Waals surface area contributed by atoms with E-state index in [1.807, 2.05) is 0 Å². The van der Waals surface area contributed by atoms with Gasteiger partial charge in [0.05, 0.1) is 31.0 Å². The molecule has 3 heterocycles. The Balaban J connectivity index is 1.80. The lowest BCUT2D eigenvalue weighted by molar-refractivity contribution is -0.132. The zero-order chi connectivity index (χ0) is 25.8. The first-order valence-electron chi connectivity index (χ1n) is 11.4. The molecule has 2 aromatic heterocycles. The van der Waals surface area contributed by atoms with Crippen LogP contribution in [-0.2, 0) is 14.3 Å². The molecule has 0 spiro atoms. The first-order chi connectivity index (χ1) is 17.4. The Kier molecular flexibility index (Phi) is 7.44. The van der Waals surface area contributed by atoms with Crippen LogP contribution in [0.15, 0.2) is 54.4 Å². The van der Waals surface area contributed by atoms with Gasteiger partial charge in [-0.1, -0.05) is 30.7 Å². The molecule has 1 atom stereocenters. The average Bonchev–Trinajstić information content (AvgIpc) is 3.40. The predicted octanol–water partition coefficient (Wildman–Crippen LogP) is 4.44. The van der Waals surface area contributed by atoms with Crippen LogP contribution in [0.5, 0.6) is 5.75 Å². The number of benzene rings is 1. The van der Waals surface area contributed by atoms with Crippen molar-refractivity contribution in [3.63, 3.8) is 0 Å². The third kappa shape index (κ3) is 4.72. The van der Waals surface area contributed by atoms with Gasteiger partial charge in [0.2, 0.25) is 0 Å². The van der Waals surface area contributed by atoms with Gasteiger partial charge in [-0.05, 0) is 49.2 Å². The number of Topliss-reactive ketones (excluding diaryl/α,β-unsaturated/α-hetero) is 1. The van der Waals surface area contributed by atoms with Crippen molar-refractivity contribution in [2.24, 2.45) is 0 Å². The third-order valence-corrected chi connectivity index (χ3v) is 6.84. The highest BCUT2D eigenvalue weighted by molar-refractivity contribution is 7.17. The van der Waals surface area contributed by atoms with Crippen molar-refractivity contribution in [3.8, 4) is 5.75 Å². The number of ether oxygens (including phenoxy) is 2. The lowest BCUT2D eigenvalue weighted by atomic mass is 9.96. The highest BCUT2D eigenvalue weighted by Crippen LogP contribution is 2.43. The number of hydrogen-bond acceptors (Lipinski definition) is 9. The van der Waals surface area contributed by atoms with Crippen LogP contribution in [0, 0.1) is 6.92 Å². The SMILES string of the molecule is CCCCOc1ccc(/C(O)=C2\C(=O)C(=O)N(c3nc(C)c(C(=O)OC)s3)[C@@H]2c2cccnc2)cc1. The van der Waals surface area contributed by atoms with Gasteiger partial charge in [0.15, 0.2) is 5.13 Å². The fourth-order valence-corrected chi connectivity index (χ4v) is 4.86. The van der Waals surface area contributed by atoms with Crippen LogP contribution in [0.2, 0.25) is 0 Å².